The molecule has 2 heterocycles. The molecule has 0 fully saturated rings. The van der Waals surface area contributed by atoms with E-state index < -0.39 is 0 Å². The Hall–Kier alpha value is -5.61. The molecule has 2 aromatic heterocycles. The van der Waals surface area contributed by atoms with Crippen molar-refractivity contribution in [3.8, 4) is 45.1 Å². The Bertz CT molecular complexity index is 2200. The molecule has 0 unspecified atom stereocenters. The molecule has 0 aliphatic rings. The van der Waals surface area contributed by atoms with Gasteiger partial charge in [0.15, 0.2) is 5.58 Å². The maximum Gasteiger partial charge on any atom is 0.227 e. The highest BCUT2D eigenvalue weighted by molar-refractivity contribution is 6.05. The summed E-state index contributed by atoms with van der Waals surface area (Å²) in [5, 5.41) is 2.18. The minimum atomic E-state index is 0.635. The van der Waals surface area contributed by atoms with Crippen LogP contribution in [0.2, 0.25) is 0 Å². The summed E-state index contributed by atoms with van der Waals surface area (Å²) in [6, 6.07) is 47.5. The lowest BCUT2D eigenvalue weighted by atomic mass is 9.97. The van der Waals surface area contributed by atoms with Crippen molar-refractivity contribution in [1.29, 1.82) is 0 Å². The Morgan fingerprint density at radius 3 is 1.78 bits per heavy atom. The van der Waals surface area contributed by atoms with Gasteiger partial charge in [0.25, 0.3) is 0 Å². The zero-order valence-corrected chi connectivity index (χ0v) is 22.0. The van der Waals surface area contributed by atoms with E-state index in [2.05, 4.69) is 60.7 Å². The summed E-state index contributed by atoms with van der Waals surface area (Å²) in [5.74, 6) is 0.635. The fourth-order valence-corrected chi connectivity index (χ4v) is 5.45. The third-order valence-electron chi connectivity index (χ3n) is 7.48. The monoisotopic (exact) mass is 525 g/mol. The second-order valence-electron chi connectivity index (χ2n) is 10.1. The van der Waals surface area contributed by atoms with Crippen LogP contribution in [0.15, 0.2) is 144 Å². The molecule has 0 N–H and O–H groups in total. The lowest BCUT2D eigenvalue weighted by Crippen LogP contribution is -1.95. The summed E-state index contributed by atoms with van der Waals surface area (Å²) < 4.78 is 6.10. The highest BCUT2D eigenvalue weighted by Gasteiger charge is 2.15. The molecule has 0 saturated heterocycles. The van der Waals surface area contributed by atoms with Gasteiger partial charge in [-0.25, -0.2) is 15.0 Å². The summed E-state index contributed by atoms with van der Waals surface area (Å²) in [6.45, 7) is 0. The van der Waals surface area contributed by atoms with E-state index in [1.54, 1.807) is 0 Å². The molecule has 0 spiro atoms. The maximum absolute atomic E-state index is 6.10. The third kappa shape index (κ3) is 4.14. The molecule has 0 atom stereocenters. The number of para-hydroxylation sites is 2. The molecule has 0 saturated carbocycles. The Morgan fingerprint density at radius 1 is 0.415 bits per heavy atom. The van der Waals surface area contributed by atoms with Crippen LogP contribution >= 0.6 is 0 Å². The molecule has 4 nitrogen and oxygen atoms in total. The molecule has 192 valence electrons. The second kappa shape index (κ2) is 9.54. The van der Waals surface area contributed by atoms with Gasteiger partial charge >= 0.3 is 0 Å². The van der Waals surface area contributed by atoms with Gasteiger partial charge in [-0.05, 0) is 59.0 Å². The molecular weight excluding hydrogens is 502 g/mol. The number of nitrogens with zero attached hydrogens (tertiary/aromatic N) is 3. The first-order valence-electron chi connectivity index (χ1n) is 13.6. The maximum atomic E-state index is 6.10. The van der Waals surface area contributed by atoms with Crippen LogP contribution < -0.4 is 0 Å². The quantitative estimate of drug-likeness (QED) is 0.230. The molecule has 0 bridgehead atoms. The standard InChI is InChI=1S/C37H23N3O/c1-3-10-24(11-4-1)34-35(39-32-17-8-7-16-31(32)38-34)29-15-9-14-26(23-29)27-18-20-30-28(22-27)19-21-33-36(30)40-37(41-33)25-12-5-2-6-13-25/h1-23H. The van der Waals surface area contributed by atoms with Crippen LogP contribution in [-0.2, 0) is 0 Å². The molecule has 6 aromatic carbocycles. The van der Waals surface area contributed by atoms with Gasteiger partial charge in [0.1, 0.15) is 5.52 Å². The van der Waals surface area contributed by atoms with Gasteiger partial charge in [0.05, 0.1) is 22.4 Å². The van der Waals surface area contributed by atoms with E-state index in [9.17, 15) is 0 Å². The number of aromatic nitrogens is 3. The van der Waals surface area contributed by atoms with E-state index in [1.165, 1.54) is 0 Å². The minimum Gasteiger partial charge on any atom is -0.436 e. The van der Waals surface area contributed by atoms with Crippen LogP contribution in [0.5, 0.6) is 0 Å². The first-order valence-corrected chi connectivity index (χ1v) is 13.6. The van der Waals surface area contributed by atoms with Crippen LogP contribution in [0.25, 0.3) is 78.0 Å². The van der Waals surface area contributed by atoms with Crippen molar-refractivity contribution in [2.45, 2.75) is 0 Å². The highest BCUT2D eigenvalue weighted by atomic mass is 16.3. The topological polar surface area (TPSA) is 51.8 Å². The van der Waals surface area contributed by atoms with Crippen molar-refractivity contribution < 1.29 is 4.42 Å². The highest BCUT2D eigenvalue weighted by Crippen LogP contribution is 2.35. The predicted octanol–water partition coefficient (Wildman–Crippen LogP) is 9.59. The van der Waals surface area contributed by atoms with Crippen LogP contribution in [0, 0.1) is 0 Å². The summed E-state index contributed by atoms with van der Waals surface area (Å²) in [5.41, 5.74) is 10.5. The van der Waals surface area contributed by atoms with Gasteiger partial charge < -0.3 is 4.42 Å². The van der Waals surface area contributed by atoms with Gasteiger partial charge in [0.2, 0.25) is 5.89 Å². The lowest BCUT2D eigenvalue weighted by molar-refractivity contribution is 0.620. The van der Waals surface area contributed by atoms with Crippen LogP contribution in [0.4, 0.5) is 0 Å². The number of fused-ring (bicyclic) bond motifs is 4. The SMILES string of the molecule is c1ccc(-c2nc3c(ccc4cc(-c5cccc(-c6nc7ccccc7nc6-c6ccccc6)c5)ccc43)o2)cc1. The third-order valence-corrected chi connectivity index (χ3v) is 7.48. The fourth-order valence-electron chi connectivity index (χ4n) is 5.45. The largest absolute Gasteiger partial charge is 0.436 e. The summed E-state index contributed by atoms with van der Waals surface area (Å²) in [4.78, 5) is 15.0. The zero-order valence-electron chi connectivity index (χ0n) is 22.0. The average Bonchev–Trinajstić information content (AvgIpc) is 3.50. The Kier molecular flexibility index (Phi) is 5.42. The zero-order chi connectivity index (χ0) is 27.2. The van der Waals surface area contributed by atoms with Crippen molar-refractivity contribution in [1.82, 2.24) is 15.0 Å². The van der Waals surface area contributed by atoms with Gasteiger partial charge in [-0.15, -0.1) is 0 Å². The van der Waals surface area contributed by atoms with E-state index in [1.807, 2.05) is 78.9 Å². The van der Waals surface area contributed by atoms with Crippen LogP contribution in [0.1, 0.15) is 0 Å². The van der Waals surface area contributed by atoms with Crippen molar-refractivity contribution in [2.75, 3.05) is 0 Å². The normalized spacial score (nSPS) is 11.4. The first-order chi connectivity index (χ1) is 20.3. The first kappa shape index (κ1) is 23.3. The molecule has 0 radical (unpaired) electrons. The van der Waals surface area contributed by atoms with Crippen molar-refractivity contribution in [2.24, 2.45) is 0 Å². The Balaban J connectivity index is 1.24. The van der Waals surface area contributed by atoms with Crippen molar-refractivity contribution >= 4 is 32.9 Å². The van der Waals surface area contributed by atoms with Gasteiger partial charge in [0, 0.05) is 22.1 Å². The van der Waals surface area contributed by atoms with E-state index in [4.69, 9.17) is 19.4 Å². The summed E-state index contributed by atoms with van der Waals surface area (Å²) in [7, 11) is 0. The Labute approximate surface area is 236 Å². The number of hydrogen-bond acceptors (Lipinski definition) is 4. The van der Waals surface area contributed by atoms with Gasteiger partial charge in [-0.1, -0.05) is 97.1 Å². The molecule has 8 rings (SSSR count). The minimum absolute atomic E-state index is 0.635. The number of oxazole rings is 1. The lowest BCUT2D eigenvalue weighted by Gasteiger charge is -2.12. The van der Waals surface area contributed by atoms with E-state index in [0.717, 1.165) is 72.1 Å². The van der Waals surface area contributed by atoms with Crippen LogP contribution in [0.3, 0.4) is 0 Å². The van der Waals surface area contributed by atoms with E-state index >= 15 is 0 Å². The predicted molar refractivity (Wildman–Crippen MR) is 166 cm³/mol. The molecule has 4 heteroatoms. The summed E-state index contributed by atoms with van der Waals surface area (Å²) in [6.07, 6.45) is 0. The number of benzene rings is 6. The van der Waals surface area contributed by atoms with Gasteiger partial charge in [-0.3, -0.25) is 0 Å². The smallest absolute Gasteiger partial charge is 0.227 e. The number of hydrogen-bond donors (Lipinski definition) is 0. The molecule has 8 aromatic rings. The molecular formula is C37H23N3O. The van der Waals surface area contributed by atoms with Crippen LogP contribution in [-0.4, -0.2) is 15.0 Å². The average molecular weight is 526 g/mol. The fraction of sp³-hybridized carbons (Fsp3) is 0. The summed E-state index contributed by atoms with van der Waals surface area (Å²) >= 11 is 0. The molecule has 41 heavy (non-hydrogen) atoms. The number of rotatable bonds is 4. The van der Waals surface area contributed by atoms with E-state index in [0.29, 0.717) is 5.89 Å². The second-order valence-corrected chi connectivity index (χ2v) is 10.1. The molecule has 0 amide bonds. The van der Waals surface area contributed by atoms with Gasteiger partial charge in [-0.2, -0.15) is 0 Å². The molecule has 0 aliphatic carbocycles. The molecule has 0 aliphatic heterocycles. The Morgan fingerprint density at radius 2 is 1.02 bits per heavy atom. The van der Waals surface area contributed by atoms with Crippen molar-refractivity contribution in [3.05, 3.63) is 140 Å². The van der Waals surface area contributed by atoms with E-state index in [-0.39, 0.29) is 0 Å². The van der Waals surface area contributed by atoms with Crippen molar-refractivity contribution in [3.63, 3.8) is 0 Å².